The van der Waals surface area contributed by atoms with Crippen LogP contribution < -0.4 is 4.74 Å². The number of rotatable bonds is 5. The normalized spacial score (nSPS) is 12.0. The lowest BCUT2D eigenvalue weighted by molar-refractivity contribution is -0.137. The van der Waals surface area contributed by atoms with Crippen LogP contribution in [0.4, 0.5) is 0 Å². The summed E-state index contributed by atoms with van der Waals surface area (Å²) < 4.78 is 5.57. The summed E-state index contributed by atoms with van der Waals surface area (Å²) in [5.41, 5.74) is 0. The summed E-state index contributed by atoms with van der Waals surface area (Å²) in [7, 11) is 0. The van der Waals surface area contributed by atoms with Crippen LogP contribution in [-0.2, 0) is 4.79 Å². The maximum absolute atomic E-state index is 12.0. The molecule has 0 aromatic heterocycles. The van der Waals surface area contributed by atoms with E-state index in [9.17, 15) is 4.79 Å². The van der Waals surface area contributed by atoms with Crippen LogP contribution in [0.3, 0.4) is 0 Å². The van der Waals surface area contributed by atoms with Gasteiger partial charge in [-0.15, -0.1) is 0 Å². The Balaban J connectivity index is 2.62. The van der Waals surface area contributed by atoms with Crippen molar-refractivity contribution in [2.75, 3.05) is 13.1 Å². The molecule has 0 aliphatic heterocycles. The summed E-state index contributed by atoms with van der Waals surface area (Å²) in [4.78, 5) is 13.7. The van der Waals surface area contributed by atoms with Gasteiger partial charge in [0.15, 0.2) is 6.10 Å². The summed E-state index contributed by atoms with van der Waals surface area (Å²) >= 11 is 5.78. The lowest BCUT2D eigenvalue weighted by Gasteiger charge is -2.23. The maximum atomic E-state index is 12.0. The molecule has 1 atom stereocenters. The van der Waals surface area contributed by atoms with E-state index in [4.69, 9.17) is 16.3 Å². The minimum Gasteiger partial charge on any atom is -0.481 e. The Hall–Kier alpha value is -1.22. The van der Waals surface area contributed by atoms with Gasteiger partial charge in [0.25, 0.3) is 5.91 Å². The molecule has 1 rings (SSSR count). The topological polar surface area (TPSA) is 29.5 Å². The van der Waals surface area contributed by atoms with E-state index in [0.717, 1.165) is 0 Å². The van der Waals surface area contributed by atoms with E-state index < -0.39 is 6.10 Å². The molecule has 0 aliphatic rings. The predicted octanol–water partition coefficient (Wildman–Crippen LogP) is 2.98. The van der Waals surface area contributed by atoms with E-state index in [1.807, 2.05) is 13.8 Å². The molecule has 3 nitrogen and oxygen atoms in total. The SMILES string of the molecule is CCN(CC)C(=O)[C@@H](C)Oc1ccc(Cl)cc1. The molecular formula is C13H18ClNO2. The first-order chi connectivity index (χ1) is 8.08. The van der Waals surface area contributed by atoms with E-state index in [0.29, 0.717) is 23.9 Å². The molecule has 0 unspecified atom stereocenters. The second-order valence-corrected chi connectivity index (χ2v) is 4.16. The summed E-state index contributed by atoms with van der Waals surface area (Å²) in [5, 5.41) is 0.653. The van der Waals surface area contributed by atoms with Crippen molar-refractivity contribution < 1.29 is 9.53 Å². The van der Waals surface area contributed by atoms with Gasteiger partial charge in [0, 0.05) is 18.1 Å². The minimum absolute atomic E-state index is 0.00458. The average Bonchev–Trinajstić information content (AvgIpc) is 2.33. The van der Waals surface area contributed by atoms with Crippen LogP contribution in [-0.4, -0.2) is 30.0 Å². The van der Waals surface area contributed by atoms with Crippen LogP contribution >= 0.6 is 11.6 Å². The molecule has 1 aromatic carbocycles. The Bertz CT molecular complexity index is 360. The van der Waals surface area contributed by atoms with Crippen molar-refractivity contribution >= 4 is 17.5 Å². The van der Waals surface area contributed by atoms with Gasteiger partial charge < -0.3 is 9.64 Å². The van der Waals surface area contributed by atoms with Crippen molar-refractivity contribution in [2.24, 2.45) is 0 Å². The number of carbonyl (C=O) groups is 1. The summed E-state index contributed by atoms with van der Waals surface area (Å²) in [5.74, 6) is 0.660. The highest BCUT2D eigenvalue weighted by Crippen LogP contribution is 2.17. The van der Waals surface area contributed by atoms with Gasteiger partial charge in [0.1, 0.15) is 5.75 Å². The van der Waals surface area contributed by atoms with Crippen molar-refractivity contribution in [3.8, 4) is 5.75 Å². The van der Waals surface area contributed by atoms with Gasteiger partial charge >= 0.3 is 0 Å². The number of hydrogen-bond donors (Lipinski definition) is 0. The third-order valence-electron chi connectivity index (χ3n) is 2.55. The monoisotopic (exact) mass is 255 g/mol. The van der Waals surface area contributed by atoms with Crippen LogP contribution in [0.1, 0.15) is 20.8 Å². The molecule has 0 heterocycles. The highest BCUT2D eigenvalue weighted by atomic mass is 35.5. The summed E-state index contributed by atoms with van der Waals surface area (Å²) in [6, 6.07) is 7.00. The first-order valence-corrected chi connectivity index (χ1v) is 6.17. The van der Waals surface area contributed by atoms with Crippen molar-refractivity contribution in [1.29, 1.82) is 0 Å². The Labute approximate surface area is 107 Å². The number of ether oxygens (including phenoxy) is 1. The summed E-state index contributed by atoms with van der Waals surface area (Å²) in [6.07, 6.45) is -0.476. The van der Waals surface area contributed by atoms with Crippen LogP contribution in [0.15, 0.2) is 24.3 Å². The van der Waals surface area contributed by atoms with Crippen LogP contribution in [0.2, 0.25) is 5.02 Å². The van der Waals surface area contributed by atoms with Gasteiger partial charge in [-0.25, -0.2) is 0 Å². The quantitative estimate of drug-likeness (QED) is 0.810. The number of amides is 1. The molecule has 4 heteroatoms. The van der Waals surface area contributed by atoms with E-state index in [1.54, 1.807) is 36.1 Å². The van der Waals surface area contributed by atoms with Gasteiger partial charge in [-0.3, -0.25) is 4.79 Å². The molecule has 0 saturated heterocycles. The van der Waals surface area contributed by atoms with Crippen LogP contribution in [0.25, 0.3) is 0 Å². The smallest absolute Gasteiger partial charge is 0.263 e. The molecule has 0 spiro atoms. The van der Waals surface area contributed by atoms with Crippen LogP contribution in [0.5, 0.6) is 5.75 Å². The third kappa shape index (κ3) is 3.93. The van der Waals surface area contributed by atoms with Crippen molar-refractivity contribution in [2.45, 2.75) is 26.9 Å². The fourth-order valence-corrected chi connectivity index (χ4v) is 1.69. The number of hydrogen-bond acceptors (Lipinski definition) is 2. The van der Waals surface area contributed by atoms with Crippen molar-refractivity contribution in [1.82, 2.24) is 4.90 Å². The maximum Gasteiger partial charge on any atom is 0.263 e. The molecule has 1 amide bonds. The fraction of sp³-hybridized carbons (Fsp3) is 0.462. The molecule has 0 fully saturated rings. The molecule has 0 saturated carbocycles. The van der Waals surface area contributed by atoms with E-state index >= 15 is 0 Å². The van der Waals surface area contributed by atoms with E-state index in [2.05, 4.69) is 0 Å². The number of halogens is 1. The molecule has 1 aromatic rings. The number of likely N-dealkylation sites (N-methyl/N-ethyl adjacent to an activating group) is 1. The van der Waals surface area contributed by atoms with Crippen molar-refractivity contribution in [3.05, 3.63) is 29.3 Å². The van der Waals surface area contributed by atoms with Crippen LogP contribution in [0, 0.1) is 0 Å². The molecule has 0 bridgehead atoms. The Morgan fingerprint density at radius 1 is 1.29 bits per heavy atom. The van der Waals surface area contributed by atoms with Gasteiger partial charge in [0.2, 0.25) is 0 Å². The molecule has 0 aliphatic carbocycles. The van der Waals surface area contributed by atoms with Gasteiger partial charge in [-0.05, 0) is 45.0 Å². The highest BCUT2D eigenvalue weighted by Gasteiger charge is 2.19. The lowest BCUT2D eigenvalue weighted by atomic mass is 10.3. The zero-order valence-corrected chi connectivity index (χ0v) is 11.2. The van der Waals surface area contributed by atoms with E-state index in [-0.39, 0.29) is 5.91 Å². The number of benzene rings is 1. The average molecular weight is 256 g/mol. The van der Waals surface area contributed by atoms with Gasteiger partial charge in [0.05, 0.1) is 0 Å². The van der Waals surface area contributed by atoms with Gasteiger partial charge in [-0.1, -0.05) is 11.6 Å². The zero-order valence-electron chi connectivity index (χ0n) is 10.4. The number of carbonyl (C=O) groups excluding carboxylic acids is 1. The first kappa shape index (κ1) is 13.8. The zero-order chi connectivity index (χ0) is 12.8. The first-order valence-electron chi connectivity index (χ1n) is 5.79. The summed E-state index contributed by atoms with van der Waals surface area (Å²) in [6.45, 7) is 7.06. The fourth-order valence-electron chi connectivity index (χ4n) is 1.56. The lowest BCUT2D eigenvalue weighted by Crippen LogP contribution is -2.40. The second kappa shape index (κ2) is 6.50. The highest BCUT2D eigenvalue weighted by molar-refractivity contribution is 6.30. The second-order valence-electron chi connectivity index (χ2n) is 3.72. The number of nitrogens with zero attached hydrogens (tertiary/aromatic N) is 1. The van der Waals surface area contributed by atoms with Crippen molar-refractivity contribution in [3.63, 3.8) is 0 Å². The largest absolute Gasteiger partial charge is 0.481 e. The van der Waals surface area contributed by atoms with E-state index in [1.165, 1.54) is 0 Å². The Morgan fingerprint density at radius 3 is 2.29 bits per heavy atom. The van der Waals surface area contributed by atoms with Gasteiger partial charge in [-0.2, -0.15) is 0 Å². The molecular weight excluding hydrogens is 238 g/mol. The third-order valence-corrected chi connectivity index (χ3v) is 2.80. The predicted molar refractivity (Wildman–Crippen MR) is 69.5 cm³/mol. The Kier molecular flexibility index (Phi) is 5.29. The standard InChI is InChI=1S/C13H18ClNO2/c1-4-15(5-2)13(16)10(3)17-12-8-6-11(14)7-9-12/h6-10H,4-5H2,1-3H3/t10-/m1/s1. The minimum atomic E-state index is -0.476. The molecule has 0 N–H and O–H groups in total. The Morgan fingerprint density at radius 2 is 1.82 bits per heavy atom. The molecule has 94 valence electrons. The molecule has 0 radical (unpaired) electrons. The molecule has 17 heavy (non-hydrogen) atoms.